The Labute approximate surface area is 126 Å². The highest BCUT2D eigenvalue weighted by Gasteiger charge is 2.53. The van der Waals surface area contributed by atoms with Gasteiger partial charge >= 0.3 is 5.97 Å². The maximum absolute atomic E-state index is 11.7. The smallest absolute Gasteiger partial charge is 0.330 e. The SMILES string of the molecule is COC(=O)C=C1C2CC3CC1CC(c1ccccc1)(C3)C2. The van der Waals surface area contributed by atoms with Gasteiger partial charge in [-0.15, -0.1) is 0 Å². The minimum atomic E-state index is -0.175. The van der Waals surface area contributed by atoms with Crippen LogP contribution in [0.2, 0.25) is 0 Å². The second kappa shape index (κ2) is 4.72. The van der Waals surface area contributed by atoms with Crippen LogP contribution in [0.15, 0.2) is 42.0 Å². The molecule has 4 aliphatic carbocycles. The lowest BCUT2D eigenvalue weighted by Crippen LogP contribution is -2.50. The van der Waals surface area contributed by atoms with E-state index in [1.54, 1.807) is 6.08 Å². The van der Waals surface area contributed by atoms with Crippen molar-refractivity contribution in [3.05, 3.63) is 47.5 Å². The molecule has 1 aromatic rings. The molecule has 110 valence electrons. The number of hydrogen-bond acceptors (Lipinski definition) is 2. The first-order chi connectivity index (χ1) is 10.2. The summed E-state index contributed by atoms with van der Waals surface area (Å²) in [5, 5.41) is 0. The molecule has 4 aliphatic rings. The number of carbonyl (C=O) groups is 1. The summed E-state index contributed by atoms with van der Waals surface area (Å²) in [4.78, 5) is 11.7. The fraction of sp³-hybridized carbons (Fsp3) is 0.526. The molecule has 0 saturated heterocycles. The number of hydrogen-bond donors (Lipinski definition) is 0. The molecule has 1 aromatic carbocycles. The minimum Gasteiger partial charge on any atom is -0.466 e. The van der Waals surface area contributed by atoms with Crippen molar-refractivity contribution in [1.82, 2.24) is 0 Å². The van der Waals surface area contributed by atoms with Crippen LogP contribution in [0.3, 0.4) is 0 Å². The van der Waals surface area contributed by atoms with E-state index >= 15 is 0 Å². The van der Waals surface area contributed by atoms with Gasteiger partial charge in [-0.3, -0.25) is 0 Å². The van der Waals surface area contributed by atoms with E-state index in [0.717, 1.165) is 5.92 Å². The van der Waals surface area contributed by atoms with E-state index in [4.69, 9.17) is 4.74 Å². The maximum atomic E-state index is 11.7. The van der Waals surface area contributed by atoms with Crippen molar-refractivity contribution in [2.24, 2.45) is 17.8 Å². The standard InChI is InChI=1S/C19H22O2/c1-21-18(20)9-17-14-7-13-8-15(17)12-19(10-13,11-14)16-5-3-2-4-6-16/h2-6,9,13-15H,7-8,10-12H2,1H3. The summed E-state index contributed by atoms with van der Waals surface area (Å²) in [6.07, 6.45) is 8.11. The molecule has 0 N–H and O–H groups in total. The molecule has 5 rings (SSSR count). The van der Waals surface area contributed by atoms with Crippen LogP contribution >= 0.6 is 0 Å². The summed E-state index contributed by atoms with van der Waals surface area (Å²) in [5.74, 6) is 1.86. The highest BCUT2D eigenvalue weighted by Crippen LogP contribution is 2.62. The Hall–Kier alpha value is -1.57. The number of allylic oxidation sites excluding steroid dienone is 1. The van der Waals surface area contributed by atoms with Gasteiger partial charge in [0.2, 0.25) is 0 Å². The summed E-state index contributed by atoms with van der Waals surface area (Å²) in [6.45, 7) is 0. The van der Waals surface area contributed by atoms with Gasteiger partial charge < -0.3 is 4.74 Å². The lowest BCUT2D eigenvalue weighted by Gasteiger charge is -2.58. The molecule has 0 heterocycles. The van der Waals surface area contributed by atoms with E-state index in [0.29, 0.717) is 17.3 Å². The van der Waals surface area contributed by atoms with Crippen molar-refractivity contribution >= 4 is 5.97 Å². The van der Waals surface area contributed by atoms with Crippen LogP contribution in [0.5, 0.6) is 0 Å². The van der Waals surface area contributed by atoms with E-state index in [1.165, 1.54) is 50.4 Å². The fourth-order valence-electron chi connectivity index (χ4n) is 5.40. The molecule has 4 bridgehead atoms. The Bertz CT molecular complexity index is 569. The van der Waals surface area contributed by atoms with Crippen molar-refractivity contribution in [3.63, 3.8) is 0 Å². The normalized spacial score (nSPS) is 36.6. The summed E-state index contributed by atoms with van der Waals surface area (Å²) in [6, 6.07) is 11.0. The van der Waals surface area contributed by atoms with Gasteiger partial charge in [0.15, 0.2) is 0 Å². The van der Waals surface area contributed by atoms with E-state index in [1.807, 2.05) is 0 Å². The third-order valence-corrected chi connectivity index (χ3v) is 6.00. The quantitative estimate of drug-likeness (QED) is 0.608. The predicted octanol–water partition coefficient (Wildman–Crippen LogP) is 3.86. The largest absolute Gasteiger partial charge is 0.466 e. The van der Waals surface area contributed by atoms with Crippen molar-refractivity contribution < 1.29 is 9.53 Å². The number of methoxy groups -OCH3 is 1. The number of carbonyl (C=O) groups excluding carboxylic acids is 1. The van der Waals surface area contributed by atoms with E-state index < -0.39 is 0 Å². The van der Waals surface area contributed by atoms with Crippen LogP contribution in [-0.2, 0) is 14.9 Å². The molecule has 21 heavy (non-hydrogen) atoms. The number of esters is 1. The first-order valence-corrected chi connectivity index (χ1v) is 8.05. The zero-order valence-electron chi connectivity index (χ0n) is 12.5. The van der Waals surface area contributed by atoms with E-state index in [2.05, 4.69) is 30.3 Å². The van der Waals surface area contributed by atoms with Gasteiger partial charge in [-0.05, 0) is 60.8 Å². The van der Waals surface area contributed by atoms with Crippen LogP contribution in [0, 0.1) is 17.8 Å². The molecule has 2 unspecified atom stereocenters. The van der Waals surface area contributed by atoms with Gasteiger partial charge in [0.05, 0.1) is 7.11 Å². The van der Waals surface area contributed by atoms with Gasteiger partial charge in [0.1, 0.15) is 0 Å². The van der Waals surface area contributed by atoms with Crippen LogP contribution in [-0.4, -0.2) is 13.1 Å². The summed E-state index contributed by atoms with van der Waals surface area (Å²) in [7, 11) is 1.47. The van der Waals surface area contributed by atoms with E-state index in [-0.39, 0.29) is 5.97 Å². The second-order valence-electron chi connectivity index (χ2n) is 7.16. The molecule has 2 heteroatoms. The molecule has 2 atom stereocenters. The Kier molecular flexibility index (Phi) is 2.95. The Balaban J connectivity index is 1.70. The maximum Gasteiger partial charge on any atom is 0.330 e. The third kappa shape index (κ3) is 2.04. The molecule has 0 aromatic heterocycles. The second-order valence-corrected chi connectivity index (χ2v) is 7.16. The molecular weight excluding hydrogens is 260 g/mol. The van der Waals surface area contributed by atoms with Gasteiger partial charge in [-0.2, -0.15) is 0 Å². The molecule has 0 radical (unpaired) electrons. The molecule has 0 aliphatic heterocycles. The molecule has 4 saturated carbocycles. The number of benzene rings is 1. The highest BCUT2D eigenvalue weighted by molar-refractivity contribution is 5.83. The topological polar surface area (TPSA) is 26.3 Å². The van der Waals surface area contributed by atoms with Gasteiger partial charge in [0.25, 0.3) is 0 Å². The van der Waals surface area contributed by atoms with Gasteiger partial charge in [-0.25, -0.2) is 4.79 Å². The average molecular weight is 282 g/mol. The lowest BCUT2D eigenvalue weighted by molar-refractivity contribution is -0.135. The first kappa shape index (κ1) is 13.1. The summed E-state index contributed by atoms with van der Waals surface area (Å²) in [5.41, 5.74) is 3.26. The van der Waals surface area contributed by atoms with Crippen molar-refractivity contribution in [1.29, 1.82) is 0 Å². The molecule has 0 amide bonds. The van der Waals surface area contributed by atoms with Gasteiger partial charge in [0, 0.05) is 6.08 Å². The van der Waals surface area contributed by atoms with Crippen LogP contribution in [0.1, 0.15) is 37.7 Å². The summed E-state index contributed by atoms with van der Waals surface area (Å²) < 4.78 is 4.85. The summed E-state index contributed by atoms with van der Waals surface area (Å²) >= 11 is 0. The Morgan fingerprint density at radius 2 is 1.81 bits per heavy atom. The fourth-order valence-corrected chi connectivity index (χ4v) is 5.40. The van der Waals surface area contributed by atoms with Crippen LogP contribution < -0.4 is 0 Å². The highest BCUT2D eigenvalue weighted by atomic mass is 16.5. The van der Waals surface area contributed by atoms with Crippen LogP contribution in [0.4, 0.5) is 0 Å². The molecule has 0 spiro atoms. The van der Waals surface area contributed by atoms with Crippen LogP contribution in [0.25, 0.3) is 0 Å². The number of rotatable bonds is 2. The minimum absolute atomic E-state index is 0.175. The average Bonchev–Trinajstić information content (AvgIpc) is 2.51. The Morgan fingerprint density at radius 3 is 2.43 bits per heavy atom. The van der Waals surface area contributed by atoms with Crippen molar-refractivity contribution in [2.45, 2.75) is 37.5 Å². The zero-order chi connectivity index (χ0) is 14.4. The van der Waals surface area contributed by atoms with Crippen molar-refractivity contribution in [2.75, 3.05) is 7.11 Å². The first-order valence-electron chi connectivity index (χ1n) is 8.05. The molecule has 2 nitrogen and oxygen atoms in total. The van der Waals surface area contributed by atoms with Crippen molar-refractivity contribution in [3.8, 4) is 0 Å². The number of ether oxygens (including phenoxy) is 1. The lowest BCUT2D eigenvalue weighted by atomic mass is 9.46. The predicted molar refractivity (Wildman–Crippen MR) is 81.8 cm³/mol. The molecule has 4 fully saturated rings. The molecular formula is C19H22O2. The monoisotopic (exact) mass is 282 g/mol. The third-order valence-electron chi connectivity index (χ3n) is 6.00. The Morgan fingerprint density at radius 1 is 1.14 bits per heavy atom. The van der Waals surface area contributed by atoms with E-state index in [9.17, 15) is 4.79 Å². The van der Waals surface area contributed by atoms with Gasteiger partial charge in [-0.1, -0.05) is 35.9 Å². The zero-order valence-corrected chi connectivity index (χ0v) is 12.5.